The molecule has 1 saturated heterocycles. The van der Waals surface area contributed by atoms with Crippen LogP contribution in [0, 0.1) is 5.92 Å². The van der Waals surface area contributed by atoms with Gasteiger partial charge in [0.1, 0.15) is 18.8 Å². The molecule has 2 aromatic carbocycles. The monoisotopic (exact) mass is 468 g/mol. The largest absolute Gasteiger partial charge is 0.464 e. The van der Waals surface area contributed by atoms with Crippen LogP contribution in [-0.4, -0.2) is 48.9 Å². The molecule has 0 aromatic heterocycles. The summed E-state index contributed by atoms with van der Waals surface area (Å²) in [7, 11) is 0. The van der Waals surface area contributed by atoms with E-state index in [0.717, 1.165) is 11.1 Å². The Morgan fingerprint density at radius 1 is 0.912 bits per heavy atom. The zero-order chi connectivity index (χ0) is 24.5. The van der Waals surface area contributed by atoms with Crippen molar-refractivity contribution in [3.63, 3.8) is 0 Å². The molecule has 2 aromatic rings. The molecular weight excluding hydrogens is 436 g/mol. The highest BCUT2D eigenvalue weighted by Gasteiger charge is 2.51. The number of esters is 1. The summed E-state index contributed by atoms with van der Waals surface area (Å²) in [5.74, 6) is -1.00. The first kappa shape index (κ1) is 25.2. The Bertz CT molecular complexity index is 950. The number of hydrogen-bond acceptors (Lipinski definition) is 6. The third-order valence-corrected chi connectivity index (χ3v) is 5.50. The lowest BCUT2D eigenvalue weighted by Crippen LogP contribution is -2.54. The minimum atomic E-state index is -0.818. The maximum atomic E-state index is 13.2. The van der Waals surface area contributed by atoms with Gasteiger partial charge in [0.2, 0.25) is 5.91 Å². The predicted molar refractivity (Wildman–Crippen MR) is 126 cm³/mol. The summed E-state index contributed by atoms with van der Waals surface area (Å²) in [4.78, 5) is 37.7. The van der Waals surface area contributed by atoms with Crippen molar-refractivity contribution in [2.45, 2.75) is 58.1 Å². The highest BCUT2D eigenvalue weighted by Crippen LogP contribution is 2.29. The minimum absolute atomic E-state index is 0.104. The number of hydrogen-bond donors (Lipinski definition) is 2. The van der Waals surface area contributed by atoms with Gasteiger partial charge in [0.25, 0.3) is 0 Å². The first-order valence-corrected chi connectivity index (χ1v) is 11.5. The second kappa shape index (κ2) is 12.2. The van der Waals surface area contributed by atoms with Gasteiger partial charge < -0.3 is 24.8 Å². The van der Waals surface area contributed by atoms with Crippen molar-refractivity contribution in [3.8, 4) is 0 Å². The van der Waals surface area contributed by atoms with E-state index in [-0.39, 0.29) is 25.0 Å². The lowest BCUT2D eigenvalue weighted by atomic mass is 9.99. The number of epoxide rings is 1. The SMILES string of the molecule is CCOC(=O)C1OC1[C@H](Cc1ccccc1)NC(=O)[C@@H](NC(=O)OCc1ccccc1)C(C)C. The van der Waals surface area contributed by atoms with Crippen LogP contribution in [0.4, 0.5) is 4.79 Å². The molecule has 0 bridgehead atoms. The Kier molecular flexibility index (Phi) is 9.04. The van der Waals surface area contributed by atoms with Crippen LogP contribution in [0.1, 0.15) is 31.9 Å². The van der Waals surface area contributed by atoms with Gasteiger partial charge in [-0.15, -0.1) is 0 Å². The molecule has 182 valence electrons. The van der Waals surface area contributed by atoms with Gasteiger partial charge in [0, 0.05) is 0 Å². The van der Waals surface area contributed by atoms with Crippen molar-refractivity contribution in [2.24, 2.45) is 5.92 Å². The van der Waals surface area contributed by atoms with Crippen molar-refractivity contribution in [1.29, 1.82) is 0 Å². The Morgan fingerprint density at radius 3 is 2.12 bits per heavy atom. The molecule has 8 heteroatoms. The molecule has 3 rings (SSSR count). The van der Waals surface area contributed by atoms with Crippen LogP contribution in [0.15, 0.2) is 60.7 Å². The molecule has 1 heterocycles. The molecule has 2 amide bonds. The molecule has 2 unspecified atom stereocenters. The first-order valence-electron chi connectivity index (χ1n) is 11.5. The molecular formula is C26H32N2O6. The highest BCUT2D eigenvalue weighted by atomic mass is 16.6. The second-order valence-electron chi connectivity index (χ2n) is 8.51. The topological polar surface area (TPSA) is 106 Å². The quantitative estimate of drug-likeness (QED) is 0.388. The molecule has 0 saturated carbocycles. The summed E-state index contributed by atoms with van der Waals surface area (Å²) in [6.07, 6.45) is -1.42. The smallest absolute Gasteiger partial charge is 0.408 e. The van der Waals surface area contributed by atoms with Crippen LogP contribution in [0.5, 0.6) is 0 Å². The molecule has 0 spiro atoms. The molecule has 0 radical (unpaired) electrons. The Labute approximate surface area is 200 Å². The lowest BCUT2D eigenvalue weighted by Gasteiger charge is -2.25. The van der Waals surface area contributed by atoms with E-state index < -0.39 is 36.4 Å². The van der Waals surface area contributed by atoms with E-state index in [2.05, 4.69) is 10.6 Å². The fourth-order valence-electron chi connectivity index (χ4n) is 3.66. The zero-order valence-electron chi connectivity index (χ0n) is 19.7. The third-order valence-electron chi connectivity index (χ3n) is 5.50. The standard InChI is InChI=1S/C26H32N2O6/c1-4-32-25(30)23-22(34-23)20(15-18-11-7-5-8-12-18)27-24(29)21(17(2)3)28-26(31)33-16-19-13-9-6-10-14-19/h5-14,17,20-23H,4,15-16H2,1-3H3,(H,27,29)(H,28,31)/t20-,21-,22?,23?/m0/s1. The van der Waals surface area contributed by atoms with Gasteiger partial charge in [-0.1, -0.05) is 74.5 Å². The normalized spacial score (nSPS) is 18.5. The Morgan fingerprint density at radius 2 is 1.53 bits per heavy atom. The van der Waals surface area contributed by atoms with Gasteiger partial charge in [-0.25, -0.2) is 9.59 Å². The number of nitrogens with one attached hydrogen (secondary N) is 2. The second-order valence-corrected chi connectivity index (χ2v) is 8.51. The number of amides is 2. The van der Waals surface area contributed by atoms with Crippen LogP contribution >= 0.6 is 0 Å². The first-order chi connectivity index (χ1) is 16.4. The van der Waals surface area contributed by atoms with E-state index in [0.29, 0.717) is 6.42 Å². The molecule has 34 heavy (non-hydrogen) atoms. The molecule has 8 nitrogen and oxygen atoms in total. The fourth-order valence-corrected chi connectivity index (χ4v) is 3.66. The van der Waals surface area contributed by atoms with Crippen molar-refractivity contribution in [2.75, 3.05) is 6.61 Å². The van der Waals surface area contributed by atoms with Crippen molar-refractivity contribution in [1.82, 2.24) is 10.6 Å². The fraction of sp³-hybridized carbons (Fsp3) is 0.423. The molecule has 2 N–H and O–H groups in total. The maximum Gasteiger partial charge on any atom is 0.408 e. The third kappa shape index (κ3) is 7.31. The zero-order valence-corrected chi connectivity index (χ0v) is 19.7. The number of carbonyl (C=O) groups excluding carboxylic acids is 3. The average molecular weight is 469 g/mol. The molecule has 1 aliphatic rings. The molecule has 1 fully saturated rings. The van der Waals surface area contributed by atoms with Gasteiger partial charge in [0.05, 0.1) is 12.6 Å². The molecule has 1 aliphatic heterocycles. The Balaban J connectivity index is 1.63. The number of benzene rings is 2. The van der Waals surface area contributed by atoms with Gasteiger partial charge >= 0.3 is 12.1 Å². The van der Waals surface area contributed by atoms with Crippen LogP contribution < -0.4 is 10.6 Å². The van der Waals surface area contributed by atoms with Gasteiger partial charge in [-0.05, 0) is 30.4 Å². The van der Waals surface area contributed by atoms with Gasteiger partial charge in [0.15, 0.2) is 6.10 Å². The summed E-state index contributed by atoms with van der Waals surface area (Å²) in [5.41, 5.74) is 1.84. The summed E-state index contributed by atoms with van der Waals surface area (Å²) in [5, 5.41) is 5.64. The Hall–Kier alpha value is -3.39. The minimum Gasteiger partial charge on any atom is -0.464 e. The van der Waals surface area contributed by atoms with Gasteiger partial charge in [-0.3, -0.25) is 4.79 Å². The van der Waals surface area contributed by atoms with Crippen molar-refractivity contribution < 1.29 is 28.6 Å². The number of rotatable bonds is 11. The lowest BCUT2D eigenvalue weighted by molar-refractivity contribution is -0.144. The van der Waals surface area contributed by atoms with E-state index in [1.807, 2.05) is 74.5 Å². The van der Waals surface area contributed by atoms with E-state index in [1.54, 1.807) is 6.92 Å². The van der Waals surface area contributed by atoms with Gasteiger partial charge in [-0.2, -0.15) is 0 Å². The molecule has 0 aliphatic carbocycles. The van der Waals surface area contributed by atoms with E-state index in [4.69, 9.17) is 14.2 Å². The maximum absolute atomic E-state index is 13.2. The van der Waals surface area contributed by atoms with Crippen LogP contribution in [0.2, 0.25) is 0 Å². The highest BCUT2D eigenvalue weighted by molar-refractivity contribution is 5.86. The van der Waals surface area contributed by atoms with Crippen molar-refractivity contribution in [3.05, 3.63) is 71.8 Å². The van der Waals surface area contributed by atoms with Crippen LogP contribution in [0.3, 0.4) is 0 Å². The van der Waals surface area contributed by atoms with Crippen LogP contribution in [0.25, 0.3) is 0 Å². The number of alkyl carbamates (subject to hydrolysis) is 1. The molecule has 4 atom stereocenters. The van der Waals surface area contributed by atoms with E-state index in [9.17, 15) is 14.4 Å². The average Bonchev–Trinajstić information content (AvgIpc) is 3.63. The summed E-state index contributed by atoms with van der Waals surface area (Å²) in [6, 6.07) is 17.6. The van der Waals surface area contributed by atoms with Crippen LogP contribution in [-0.2, 0) is 36.8 Å². The predicted octanol–water partition coefficient (Wildman–Crippen LogP) is 3.00. The van der Waals surface area contributed by atoms with Crippen molar-refractivity contribution >= 4 is 18.0 Å². The summed E-state index contributed by atoms with van der Waals surface area (Å²) < 4.78 is 15.9. The number of carbonyl (C=O) groups is 3. The van der Waals surface area contributed by atoms with E-state index in [1.165, 1.54) is 0 Å². The summed E-state index contributed by atoms with van der Waals surface area (Å²) >= 11 is 0. The number of ether oxygens (including phenoxy) is 3. The van der Waals surface area contributed by atoms with E-state index >= 15 is 0 Å². The summed E-state index contributed by atoms with van der Waals surface area (Å²) in [6.45, 7) is 5.76.